The molecule has 0 amide bonds. The molecule has 3 aliphatic carbocycles. The van der Waals surface area contributed by atoms with Crippen LogP contribution in [0.15, 0.2) is 23.3 Å². The lowest BCUT2D eigenvalue weighted by Gasteiger charge is -2.33. The Labute approximate surface area is 176 Å². The van der Waals surface area contributed by atoms with E-state index >= 15 is 0 Å². The SMILES string of the molecule is CC(CCC1CC(I)CCC1C)C1=CCC2CCCCCCCCC2=C1. The maximum absolute atomic E-state index is 2.69. The van der Waals surface area contributed by atoms with Gasteiger partial charge in [-0.1, -0.05) is 86.3 Å². The summed E-state index contributed by atoms with van der Waals surface area (Å²) in [5, 5.41) is 0. The van der Waals surface area contributed by atoms with Crippen LogP contribution in [-0.4, -0.2) is 3.92 Å². The van der Waals surface area contributed by atoms with Gasteiger partial charge in [0.2, 0.25) is 0 Å². The number of hydrogen-bond acceptors (Lipinski definition) is 0. The standard InChI is InChI=1S/C25H41I/c1-19(11-13-23-18-25(26)16-12-20(23)2)22-15-14-21-9-7-5-3-4-6-8-10-24(21)17-22/h15,17,19-21,23,25H,3-14,16,18H2,1-2H3. The molecule has 3 rings (SSSR count). The Morgan fingerprint density at radius 3 is 2.65 bits per heavy atom. The maximum atomic E-state index is 2.69. The van der Waals surface area contributed by atoms with Crippen LogP contribution in [0.1, 0.15) is 104 Å². The van der Waals surface area contributed by atoms with Crippen LogP contribution >= 0.6 is 22.6 Å². The van der Waals surface area contributed by atoms with Gasteiger partial charge in [0.25, 0.3) is 0 Å². The molecule has 0 aromatic rings. The molecule has 0 heterocycles. The van der Waals surface area contributed by atoms with Crippen molar-refractivity contribution in [3.05, 3.63) is 23.3 Å². The first kappa shape index (κ1) is 20.9. The highest BCUT2D eigenvalue weighted by Crippen LogP contribution is 2.39. The molecule has 148 valence electrons. The van der Waals surface area contributed by atoms with Crippen LogP contribution in [0.4, 0.5) is 0 Å². The molecule has 1 heteroatoms. The molecule has 0 nitrogen and oxygen atoms in total. The second kappa shape index (κ2) is 10.7. The highest BCUT2D eigenvalue weighted by atomic mass is 127. The Bertz CT molecular complexity index is 488. The molecule has 2 saturated carbocycles. The Morgan fingerprint density at radius 1 is 1.04 bits per heavy atom. The van der Waals surface area contributed by atoms with E-state index in [1.54, 1.807) is 5.57 Å². The highest BCUT2D eigenvalue weighted by molar-refractivity contribution is 14.1. The number of alkyl halides is 1. The molecule has 0 spiro atoms. The monoisotopic (exact) mass is 468 g/mol. The first-order chi connectivity index (χ1) is 12.6. The largest absolute Gasteiger partial charge is 0.0826 e. The van der Waals surface area contributed by atoms with E-state index in [0.29, 0.717) is 0 Å². The van der Waals surface area contributed by atoms with Crippen molar-refractivity contribution < 1.29 is 0 Å². The lowest BCUT2D eigenvalue weighted by Crippen LogP contribution is -2.23. The van der Waals surface area contributed by atoms with Crippen molar-refractivity contribution in [2.24, 2.45) is 23.7 Å². The molecule has 3 aliphatic rings. The van der Waals surface area contributed by atoms with E-state index in [4.69, 9.17) is 0 Å². The smallest absolute Gasteiger partial charge is 0.0112 e. The lowest BCUT2D eigenvalue weighted by molar-refractivity contribution is 0.241. The molecule has 0 aliphatic heterocycles. The Kier molecular flexibility index (Phi) is 8.59. The minimum atomic E-state index is 0.764. The molecular weight excluding hydrogens is 427 g/mol. The van der Waals surface area contributed by atoms with Crippen molar-refractivity contribution in [2.45, 2.75) is 108 Å². The summed E-state index contributed by atoms with van der Waals surface area (Å²) in [6, 6.07) is 0. The summed E-state index contributed by atoms with van der Waals surface area (Å²) in [5.41, 5.74) is 3.50. The molecule has 0 N–H and O–H groups in total. The van der Waals surface area contributed by atoms with Crippen LogP contribution in [0.2, 0.25) is 0 Å². The Morgan fingerprint density at radius 2 is 1.81 bits per heavy atom. The van der Waals surface area contributed by atoms with E-state index < -0.39 is 0 Å². The molecule has 5 unspecified atom stereocenters. The summed E-state index contributed by atoms with van der Waals surface area (Å²) in [6.07, 6.45) is 25.4. The summed E-state index contributed by atoms with van der Waals surface area (Å²) in [6.45, 7) is 5.00. The average Bonchev–Trinajstić information content (AvgIpc) is 2.65. The third-order valence-electron chi connectivity index (χ3n) is 7.62. The molecular formula is C25H41I. The van der Waals surface area contributed by atoms with Gasteiger partial charge in [-0.2, -0.15) is 0 Å². The van der Waals surface area contributed by atoms with Crippen LogP contribution in [0.5, 0.6) is 0 Å². The van der Waals surface area contributed by atoms with Gasteiger partial charge in [0.05, 0.1) is 0 Å². The topological polar surface area (TPSA) is 0 Å². The van der Waals surface area contributed by atoms with Crippen LogP contribution in [-0.2, 0) is 0 Å². The van der Waals surface area contributed by atoms with Gasteiger partial charge in [-0.15, -0.1) is 0 Å². The van der Waals surface area contributed by atoms with Crippen LogP contribution in [0, 0.1) is 23.7 Å². The summed E-state index contributed by atoms with van der Waals surface area (Å²) >= 11 is 2.69. The normalized spacial score (nSPS) is 35.0. The molecule has 0 aromatic carbocycles. The average molecular weight is 469 g/mol. The molecule has 26 heavy (non-hydrogen) atoms. The lowest BCUT2D eigenvalue weighted by atomic mass is 9.75. The van der Waals surface area contributed by atoms with Gasteiger partial charge >= 0.3 is 0 Å². The second-order valence-corrected chi connectivity index (χ2v) is 11.4. The molecule has 0 bridgehead atoms. The van der Waals surface area contributed by atoms with E-state index in [-0.39, 0.29) is 0 Å². The zero-order chi connectivity index (χ0) is 18.4. The van der Waals surface area contributed by atoms with E-state index in [0.717, 1.165) is 27.6 Å². The third-order valence-corrected chi connectivity index (χ3v) is 8.75. The summed E-state index contributed by atoms with van der Waals surface area (Å²) in [7, 11) is 0. The first-order valence-electron chi connectivity index (χ1n) is 11.7. The van der Waals surface area contributed by atoms with Gasteiger partial charge in [-0.05, 0) is 87.0 Å². The Hall–Kier alpha value is 0.210. The van der Waals surface area contributed by atoms with Crippen molar-refractivity contribution in [2.75, 3.05) is 0 Å². The minimum absolute atomic E-state index is 0.764. The van der Waals surface area contributed by atoms with E-state index in [1.807, 2.05) is 5.57 Å². The fraction of sp³-hybridized carbons (Fsp3) is 0.840. The number of halogens is 1. The molecule has 2 fully saturated rings. The van der Waals surface area contributed by atoms with Crippen LogP contribution < -0.4 is 0 Å². The molecule has 0 aromatic heterocycles. The predicted molar refractivity (Wildman–Crippen MR) is 124 cm³/mol. The summed E-state index contributed by atoms with van der Waals surface area (Å²) in [4.78, 5) is 0. The van der Waals surface area contributed by atoms with Crippen molar-refractivity contribution in [3.63, 3.8) is 0 Å². The number of hydrogen-bond donors (Lipinski definition) is 0. The molecule has 0 saturated heterocycles. The number of allylic oxidation sites excluding steroid dienone is 4. The second-order valence-electron chi connectivity index (χ2n) is 9.64. The van der Waals surface area contributed by atoms with Crippen molar-refractivity contribution in [1.29, 1.82) is 0 Å². The zero-order valence-electron chi connectivity index (χ0n) is 17.3. The van der Waals surface area contributed by atoms with Gasteiger partial charge in [-0.25, -0.2) is 0 Å². The number of fused-ring (bicyclic) bond motifs is 1. The summed E-state index contributed by atoms with van der Waals surface area (Å²) < 4.78 is 0.934. The van der Waals surface area contributed by atoms with E-state index in [2.05, 4.69) is 48.6 Å². The van der Waals surface area contributed by atoms with Gasteiger partial charge in [0.15, 0.2) is 0 Å². The minimum Gasteiger partial charge on any atom is -0.0826 e. The first-order valence-corrected chi connectivity index (χ1v) is 12.9. The fourth-order valence-corrected chi connectivity index (χ4v) is 6.57. The van der Waals surface area contributed by atoms with E-state index in [9.17, 15) is 0 Å². The van der Waals surface area contributed by atoms with Gasteiger partial charge in [-0.3, -0.25) is 0 Å². The fourth-order valence-electron chi connectivity index (χ4n) is 5.56. The van der Waals surface area contributed by atoms with Crippen molar-refractivity contribution in [3.8, 4) is 0 Å². The third kappa shape index (κ3) is 6.11. The van der Waals surface area contributed by atoms with E-state index in [1.165, 1.54) is 89.9 Å². The molecule has 5 atom stereocenters. The maximum Gasteiger partial charge on any atom is 0.0112 e. The van der Waals surface area contributed by atoms with Crippen molar-refractivity contribution in [1.82, 2.24) is 0 Å². The van der Waals surface area contributed by atoms with Crippen LogP contribution in [0.25, 0.3) is 0 Å². The Balaban J connectivity index is 1.54. The highest BCUT2D eigenvalue weighted by Gasteiger charge is 2.27. The van der Waals surface area contributed by atoms with Crippen LogP contribution in [0.3, 0.4) is 0 Å². The van der Waals surface area contributed by atoms with Crippen molar-refractivity contribution >= 4 is 22.6 Å². The predicted octanol–water partition coefficient (Wildman–Crippen LogP) is 8.65. The molecule has 0 radical (unpaired) electrons. The summed E-state index contributed by atoms with van der Waals surface area (Å²) in [5.74, 6) is 3.57. The van der Waals surface area contributed by atoms with Gasteiger partial charge < -0.3 is 0 Å². The number of rotatable bonds is 4. The van der Waals surface area contributed by atoms with Gasteiger partial charge in [0, 0.05) is 3.92 Å². The quantitative estimate of drug-likeness (QED) is 0.286. The zero-order valence-corrected chi connectivity index (χ0v) is 19.5. The van der Waals surface area contributed by atoms with Gasteiger partial charge in [0.1, 0.15) is 0 Å².